The second-order valence-corrected chi connectivity index (χ2v) is 11.4. The molecule has 13 heteroatoms. The largest absolute Gasteiger partial charge is 0.480 e. The molecule has 1 aliphatic rings. The molecule has 0 unspecified atom stereocenters. The maximum atomic E-state index is 15.6. The number of pyridine rings is 1. The molecule has 0 spiro atoms. The lowest BCUT2D eigenvalue weighted by Gasteiger charge is -2.26. The van der Waals surface area contributed by atoms with Gasteiger partial charge >= 0.3 is 0 Å². The Labute approximate surface area is 228 Å². The molecule has 0 aliphatic heterocycles. The Morgan fingerprint density at radius 3 is 2.56 bits per heavy atom. The normalized spacial score (nSPS) is 17.7. The van der Waals surface area contributed by atoms with Gasteiger partial charge in [0, 0.05) is 29.9 Å². The summed E-state index contributed by atoms with van der Waals surface area (Å²) < 4.78 is 63.6. The Balaban J connectivity index is 1.44. The van der Waals surface area contributed by atoms with E-state index >= 15 is 4.39 Å². The standard InChI is InChI=1S/C26H25ClF2N6O3S/c1-38-25-22(11-16(27)13-31-25)39(36,37)35-21-9-7-19(28)23(24(21)29)14-2-8-20-15(10-14)12-32-26(34-20)33-18-5-3-17(30)4-6-18/h2,7-13,17-18,35H,3-6,30H2,1H3,(H,32,33,34). The van der Waals surface area contributed by atoms with Crippen LogP contribution < -0.4 is 20.5 Å². The number of methoxy groups -OCH3 is 1. The maximum absolute atomic E-state index is 15.6. The predicted octanol–water partition coefficient (Wildman–Crippen LogP) is 5.11. The van der Waals surface area contributed by atoms with Crippen molar-refractivity contribution in [3.05, 3.63) is 65.4 Å². The van der Waals surface area contributed by atoms with E-state index in [-0.39, 0.29) is 28.5 Å². The van der Waals surface area contributed by atoms with Crippen LogP contribution in [-0.4, -0.2) is 42.6 Å². The lowest BCUT2D eigenvalue weighted by atomic mass is 9.92. The van der Waals surface area contributed by atoms with Gasteiger partial charge in [0.2, 0.25) is 11.8 Å². The van der Waals surface area contributed by atoms with Gasteiger partial charge in [-0.25, -0.2) is 32.2 Å². The lowest BCUT2D eigenvalue weighted by molar-refractivity contribution is 0.385. The molecular formula is C26H25ClF2N6O3S. The predicted molar refractivity (Wildman–Crippen MR) is 145 cm³/mol. The van der Waals surface area contributed by atoms with Crippen molar-refractivity contribution < 1.29 is 21.9 Å². The van der Waals surface area contributed by atoms with Gasteiger partial charge in [-0.15, -0.1) is 0 Å². The number of nitrogens with one attached hydrogen (secondary N) is 2. The number of hydrogen-bond acceptors (Lipinski definition) is 8. The fourth-order valence-electron chi connectivity index (χ4n) is 4.55. The molecule has 204 valence electrons. The van der Waals surface area contributed by atoms with Gasteiger partial charge in [-0.05, 0) is 61.6 Å². The first-order valence-electron chi connectivity index (χ1n) is 12.1. The number of benzene rings is 2. The van der Waals surface area contributed by atoms with Crippen molar-refractivity contribution in [3.8, 4) is 17.0 Å². The summed E-state index contributed by atoms with van der Waals surface area (Å²) in [6, 6.07) is 8.25. The molecule has 0 saturated heterocycles. The number of halogens is 3. The molecular weight excluding hydrogens is 550 g/mol. The Kier molecular flexibility index (Phi) is 7.52. The van der Waals surface area contributed by atoms with E-state index in [1.165, 1.54) is 19.4 Å². The van der Waals surface area contributed by atoms with Crippen LogP contribution in [0.25, 0.3) is 22.0 Å². The minimum absolute atomic E-state index is 0.0381. The van der Waals surface area contributed by atoms with Gasteiger partial charge in [0.25, 0.3) is 10.0 Å². The average Bonchev–Trinajstić information content (AvgIpc) is 2.91. The number of ether oxygens (including phenoxy) is 1. The number of anilines is 2. The first-order chi connectivity index (χ1) is 18.6. The van der Waals surface area contributed by atoms with Crippen LogP contribution in [0.4, 0.5) is 20.4 Å². The third-order valence-electron chi connectivity index (χ3n) is 6.58. The third-order valence-corrected chi connectivity index (χ3v) is 8.14. The van der Waals surface area contributed by atoms with Crippen LogP contribution in [0.2, 0.25) is 5.02 Å². The zero-order valence-electron chi connectivity index (χ0n) is 20.8. The van der Waals surface area contributed by atoms with Gasteiger partial charge in [-0.1, -0.05) is 17.7 Å². The van der Waals surface area contributed by atoms with E-state index in [0.29, 0.717) is 16.9 Å². The molecule has 1 saturated carbocycles. The molecule has 1 fully saturated rings. The molecule has 2 heterocycles. The van der Waals surface area contributed by atoms with E-state index in [9.17, 15) is 12.8 Å². The number of nitrogens with zero attached hydrogens (tertiary/aromatic N) is 3. The van der Waals surface area contributed by atoms with Crippen molar-refractivity contribution in [2.75, 3.05) is 17.1 Å². The van der Waals surface area contributed by atoms with Crippen LogP contribution in [-0.2, 0) is 10.0 Å². The Morgan fingerprint density at radius 2 is 1.82 bits per heavy atom. The van der Waals surface area contributed by atoms with Crippen molar-refractivity contribution >= 4 is 44.2 Å². The van der Waals surface area contributed by atoms with E-state index < -0.39 is 37.8 Å². The molecule has 1 aliphatic carbocycles. The summed E-state index contributed by atoms with van der Waals surface area (Å²) in [6.07, 6.45) is 6.52. The molecule has 0 amide bonds. The molecule has 4 N–H and O–H groups in total. The zero-order valence-corrected chi connectivity index (χ0v) is 22.4. The number of hydrogen-bond donors (Lipinski definition) is 3. The second-order valence-electron chi connectivity index (χ2n) is 9.27. The number of aromatic nitrogens is 3. The summed E-state index contributed by atoms with van der Waals surface area (Å²) >= 11 is 5.90. The minimum Gasteiger partial charge on any atom is -0.480 e. The molecule has 0 bridgehead atoms. The summed E-state index contributed by atoms with van der Waals surface area (Å²) in [7, 11) is -3.15. The van der Waals surface area contributed by atoms with Crippen LogP contribution in [0.1, 0.15) is 25.7 Å². The molecule has 2 aromatic heterocycles. The first-order valence-corrected chi connectivity index (χ1v) is 14.0. The maximum Gasteiger partial charge on any atom is 0.267 e. The SMILES string of the molecule is COc1ncc(Cl)cc1S(=O)(=O)Nc1ccc(F)c(-c2ccc3nc(NC4CCC(N)CC4)ncc3c2)c1F. The number of sulfonamides is 1. The smallest absolute Gasteiger partial charge is 0.267 e. The summed E-state index contributed by atoms with van der Waals surface area (Å²) in [4.78, 5) is 12.3. The van der Waals surface area contributed by atoms with Gasteiger partial charge in [0.15, 0.2) is 10.7 Å². The highest BCUT2D eigenvalue weighted by Gasteiger charge is 2.25. The molecule has 4 aromatic rings. The highest BCUT2D eigenvalue weighted by atomic mass is 35.5. The zero-order chi connectivity index (χ0) is 27.7. The summed E-state index contributed by atoms with van der Waals surface area (Å²) in [5, 5.41) is 3.92. The Bertz CT molecular complexity index is 1650. The quantitative estimate of drug-likeness (QED) is 0.277. The summed E-state index contributed by atoms with van der Waals surface area (Å²) in [6.45, 7) is 0. The summed E-state index contributed by atoms with van der Waals surface area (Å²) in [5.74, 6) is -1.73. The summed E-state index contributed by atoms with van der Waals surface area (Å²) in [5.41, 5.74) is 5.87. The Hall–Kier alpha value is -3.61. The average molecular weight is 575 g/mol. The molecule has 0 radical (unpaired) electrons. The van der Waals surface area contributed by atoms with Crippen LogP contribution in [0.3, 0.4) is 0 Å². The molecule has 9 nitrogen and oxygen atoms in total. The van der Waals surface area contributed by atoms with E-state index in [4.69, 9.17) is 22.1 Å². The van der Waals surface area contributed by atoms with Crippen LogP contribution in [0.15, 0.2) is 53.7 Å². The Morgan fingerprint density at radius 1 is 1.05 bits per heavy atom. The monoisotopic (exact) mass is 574 g/mol. The van der Waals surface area contributed by atoms with Crippen molar-refractivity contribution in [1.82, 2.24) is 15.0 Å². The van der Waals surface area contributed by atoms with Gasteiger partial charge < -0.3 is 15.8 Å². The number of nitrogens with two attached hydrogens (primary N) is 1. The number of rotatable bonds is 7. The molecule has 2 aromatic carbocycles. The second kappa shape index (κ2) is 10.9. The van der Waals surface area contributed by atoms with Gasteiger partial charge in [0.05, 0.1) is 28.9 Å². The van der Waals surface area contributed by atoms with Crippen molar-refractivity contribution in [2.45, 2.75) is 42.7 Å². The third kappa shape index (κ3) is 5.72. The first kappa shape index (κ1) is 27.0. The van der Waals surface area contributed by atoms with E-state index in [1.54, 1.807) is 18.3 Å². The minimum atomic E-state index is -4.39. The molecule has 0 atom stereocenters. The van der Waals surface area contributed by atoms with Crippen LogP contribution in [0, 0.1) is 11.6 Å². The molecule has 39 heavy (non-hydrogen) atoms. The van der Waals surface area contributed by atoms with Crippen molar-refractivity contribution in [2.24, 2.45) is 5.73 Å². The highest BCUT2D eigenvalue weighted by molar-refractivity contribution is 7.92. The van der Waals surface area contributed by atoms with E-state index in [2.05, 4.69) is 25.0 Å². The van der Waals surface area contributed by atoms with Crippen LogP contribution in [0.5, 0.6) is 5.88 Å². The lowest BCUT2D eigenvalue weighted by Crippen LogP contribution is -2.33. The number of fused-ring (bicyclic) bond motifs is 1. The molecule has 5 rings (SSSR count). The highest BCUT2D eigenvalue weighted by Crippen LogP contribution is 2.34. The van der Waals surface area contributed by atoms with Crippen molar-refractivity contribution in [3.63, 3.8) is 0 Å². The van der Waals surface area contributed by atoms with E-state index in [1.807, 2.05) is 0 Å². The topological polar surface area (TPSA) is 132 Å². The van der Waals surface area contributed by atoms with E-state index in [0.717, 1.165) is 43.9 Å². The van der Waals surface area contributed by atoms with Gasteiger partial charge in [-0.3, -0.25) is 4.72 Å². The fraction of sp³-hybridized carbons (Fsp3) is 0.269. The van der Waals surface area contributed by atoms with Crippen molar-refractivity contribution in [1.29, 1.82) is 0 Å². The fourth-order valence-corrected chi connectivity index (χ4v) is 5.98. The van der Waals surface area contributed by atoms with Gasteiger partial charge in [-0.2, -0.15) is 0 Å². The van der Waals surface area contributed by atoms with Crippen LogP contribution >= 0.6 is 11.6 Å². The van der Waals surface area contributed by atoms with Gasteiger partial charge in [0.1, 0.15) is 5.82 Å².